The van der Waals surface area contributed by atoms with Gasteiger partial charge in [0.2, 0.25) is 0 Å². The van der Waals surface area contributed by atoms with E-state index in [1.54, 1.807) is 36.4 Å². The average Bonchev–Trinajstić information content (AvgIpc) is 2.87. The molecule has 6 nitrogen and oxygen atoms in total. The topological polar surface area (TPSA) is 78.5 Å². The van der Waals surface area contributed by atoms with Crippen LogP contribution in [0.3, 0.4) is 0 Å². The number of benzene rings is 4. The SMILES string of the molecule is O=C(NCc1cccc2ccccc12)Nc1ccc2c(c1)N(S(=O)(=O)c1ccccc1)CCC2. The van der Waals surface area contributed by atoms with Crippen LogP contribution in [0, 0.1) is 0 Å². The highest BCUT2D eigenvalue weighted by Crippen LogP contribution is 2.34. The van der Waals surface area contributed by atoms with Crippen molar-refractivity contribution in [1.82, 2.24) is 5.32 Å². The molecule has 5 rings (SSSR count). The standard InChI is InChI=1S/C27H25N3O3S/c31-27(28-19-22-10-6-9-20-8-4-5-14-25(20)22)29-23-16-15-21-11-7-17-30(26(21)18-23)34(32,33)24-12-2-1-3-13-24/h1-6,8-10,12-16,18H,7,11,17,19H2,(H2,28,29,31). The van der Waals surface area contributed by atoms with E-state index in [4.69, 9.17) is 0 Å². The second kappa shape index (κ2) is 9.19. The molecule has 4 aromatic carbocycles. The fourth-order valence-electron chi connectivity index (χ4n) is 4.39. The highest BCUT2D eigenvalue weighted by Gasteiger charge is 2.29. The second-order valence-electron chi connectivity index (χ2n) is 8.28. The van der Waals surface area contributed by atoms with Gasteiger partial charge >= 0.3 is 6.03 Å². The summed E-state index contributed by atoms with van der Waals surface area (Å²) in [5, 5.41) is 7.98. The van der Waals surface area contributed by atoms with Gasteiger partial charge in [0.25, 0.3) is 10.0 Å². The Balaban J connectivity index is 1.34. The molecule has 0 bridgehead atoms. The van der Waals surface area contributed by atoms with E-state index in [9.17, 15) is 13.2 Å². The summed E-state index contributed by atoms with van der Waals surface area (Å²) >= 11 is 0. The number of carbonyl (C=O) groups is 1. The van der Waals surface area contributed by atoms with Crippen molar-refractivity contribution in [3.05, 3.63) is 102 Å². The number of sulfonamides is 1. The van der Waals surface area contributed by atoms with Crippen molar-refractivity contribution in [3.8, 4) is 0 Å². The molecule has 1 aliphatic rings. The maximum atomic E-state index is 13.3. The van der Waals surface area contributed by atoms with Gasteiger partial charge in [-0.2, -0.15) is 0 Å². The van der Waals surface area contributed by atoms with Crippen molar-refractivity contribution in [2.45, 2.75) is 24.3 Å². The fraction of sp³-hybridized carbons (Fsp3) is 0.148. The normalized spacial score (nSPS) is 13.4. The first kappa shape index (κ1) is 22.0. The quantitative estimate of drug-likeness (QED) is 0.414. The number of nitrogens with zero attached hydrogens (tertiary/aromatic N) is 1. The van der Waals surface area contributed by atoms with Gasteiger partial charge in [0, 0.05) is 18.8 Å². The van der Waals surface area contributed by atoms with Gasteiger partial charge < -0.3 is 10.6 Å². The zero-order valence-corrected chi connectivity index (χ0v) is 19.4. The van der Waals surface area contributed by atoms with E-state index in [-0.39, 0.29) is 10.9 Å². The van der Waals surface area contributed by atoms with Crippen molar-refractivity contribution in [2.75, 3.05) is 16.2 Å². The highest BCUT2D eigenvalue weighted by molar-refractivity contribution is 7.92. The summed E-state index contributed by atoms with van der Waals surface area (Å²) in [6.07, 6.45) is 1.54. The number of anilines is 2. The van der Waals surface area contributed by atoms with Gasteiger partial charge in [-0.25, -0.2) is 13.2 Å². The minimum Gasteiger partial charge on any atom is -0.334 e. The van der Waals surface area contributed by atoms with E-state index < -0.39 is 10.0 Å². The van der Waals surface area contributed by atoms with Crippen LogP contribution in [0.25, 0.3) is 10.8 Å². The molecule has 0 aliphatic carbocycles. The van der Waals surface area contributed by atoms with Crippen LogP contribution in [-0.2, 0) is 23.0 Å². The number of carbonyl (C=O) groups excluding carboxylic acids is 1. The molecule has 0 spiro atoms. The predicted molar refractivity (Wildman–Crippen MR) is 136 cm³/mol. The number of urea groups is 1. The van der Waals surface area contributed by atoms with Crippen LogP contribution in [0.5, 0.6) is 0 Å². The Bertz CT molecular complexity index is 1450. The van der Waals surface area contributed by atoms with E-state index in [0.29, 0.717) is 24.5 Å². The first-order valence-electron chi connectivity index (χ1n) is 11.2. The number of fused-ring (bicyclic) bond motifs is 2. The van der Waals surface area contributed by atoms with Crippen molar-refractivity contribution in [3.63, 3.8) is 0 Å². The Morgan fingerprint density at radius 2 is 1.65 bits per heavy atom. The molecule has 1 heterocycles. The Hall–Kier alpha value is -3.84. The smallest absolute Gasteiger partial charge is 0.319 e. The third-order valence-corrected chi connectivity index (χ3v) is 7.90. The molecule has 2 N–H and O–H groups in total. The molecular formula is C27H25N3O3S. The molecule has 34 heavy (non-hydrogen) atoms. The van der Waals surface area contributed by atoms with Gasteiger partial charge in [-0.05, 0) is 59.0 Å². The summed E-state index contributed by atoms with van der Waals surface area (Å²) in [6, 6.07) is 27.6. The van der Waals surface area contributed by atoms with Crippen LogP contribution in [-0.4, -0.2) is 21.0 Å². The third kappa shape index (κ3) is 4.34. The van der Waals surface area contributed by atoms with Crippen LogP contribution in [0.4, 0.5) is 16.2 Å². The lowest BCUT2D eigenvalue weighted by Crippen LogP contribution is -2.35. The van der Waals surface area contributed by atoms with Crippen molar-refractivity contribution < 1.29 is 13.2 Å². The number of nitrogens with one attached hydrogen (secondary N) is 2. The molecule has 4 aromatic rings. The Morgan fingerprint density at radius 3 is 2.50 bits per heavy atom. The lowest BCUT2D eigenvalue weighted by atomic mass is 10.0. The van der Waals surface area contributed by atoms with Gasteiger partial charge in [-0.3, -0.25) is 4.31 Å². The van der Waals surface area contributed by atoms with Gasteiger partial charge in [0.15, 0.2) is 0 Å². The zero-order valence-electron chi connectivity index (χ0n) is 18.6. The molecule has 0 saturated carbocycles. The van der Waals surface area contributed by atoms with E-state index in [2.05, 4.69) is 10.6 Å². The largest absolute Gasteiger partial charge is 0.334 e. The first-order valence-corrected chi connectivity index (χ1v) is 12.7. The molecule has 0 atom stereocenters. The summed E-state index contributed by atoms with van der Waals surface area (Å²) in [5.41, 5.74) is 3.14. The number of rotatable bonds is 5. The molecule has 1 aliphatic heterocycles. The van der Waals surface area contributed by atoms with Crippen LogP contribution >= 0.6 is 0 Å². The van der Waals surface area contributed by atoms with E-state index >= 15 is 0 Å². The minimum absolute atomic E-state index is 0.258. The van der Waals surface area contributed by atoms with Gasteiger partial charge in [0.1, 0.15) is 0 Å². The predicted octanol–water partition coefficient (Wildman–Crippen LogP) is 5.30. The zero-order chi connectivity index (χ0) is 23.5. The molecule has 2 amide bonds. The maximum absolute atomic E-state index is 13.3. The van der Waals surface area contributed by atoms with Crippen molar-refractivity contribution in [1.29, 1.82) is 0 Å². The average molecular weight is 472 g/mol. The highest BCUT2D eigenvalue weighted by atomic mass is 32.2. The van der Waals surface area contributed by atoms with Crippen LogP contribution in [0.2, 0.25) is 0 Å². The maximum Gasteiger partial charge on any atom is 0.319 e. The molecule has 0 aromatic heterocycles. The number of hydrogen-bond donors (Lipinski definition) is 2. The minimum atomic E-state index is -3.68. The second-order valence-corrected chi connectivity index (χ2v) is 10.1. The third-order valence-electron chi connectivity index (χ3n) is 6.07. The van der Waals surface area contributed by atoms with E-state index in [1.807, 2.05) is 54.6 Å². The lowest BCUT2D eigenvalue weighted by molar-refractivity contribution is 0.252. The molecular weight excluding hydrogens is 446 g/mol. The monoisotopic (exact) mass is 471 g/mol. The molecule has 0 radical (unpaired) electrons. The van der Waals surface area contributed by atoms with Gasteiger partial charge in [-0.1, -0.05) is 66.7 Å². The van der Waals surface area contributed by atoms with Crippen molar-refractivity contribution in [2.24, 2.45) is 0 Å². The fourth-order valence-corrected chi connectivity index (χ4v) is 5.94. The number of aryl methyl sites for hydroxylation is 1. The summed E-state index contributed by atoms with van der Waals surface area (Å²) in [6.45, 7) is 0.785. The Kier molecular flexibility index (Phi) is 5.94. The summed E-state index contributed by atoms with van der Waals surface area (Å²) in [4.78, 5) is 12.9. The number of amides is 2. The summed E-state index contributed by atoms with van der Waals surface area (Å²) < 4.78 is 28.0. The summed E-state index contributed by atoms with van der Waals surface area (Å²) in [5.74, 6) is 0. The van der Waals surface area contributed by atoms with Crippen LogP contribution in [0.15, 0.2) is 95.9 Å². The van der Waals surface area contributed by atoms with Gasteiger partial charge in [-0.15, -0.1) is 0 Å². The lowest BCUT2D eigenvalue weighted by Gasteiger charge is -2.31. The Labute approximate surface area is 199 Å². The van der Waals surface area contributed by atoms with Crippen LogP contribution in [0.1, 0.15) is 17.5 Å². The molecule has 0 fully saturated rings. The molecule has 7 heteroatoms. The van der Waals surface area contributed by atoms with Gasteiger partial charge in [0.05, 0.1) is 10.6 Å². The first-order chi connectivity index (χ1) is 16.5. The molecule has 0 saturated heterocycles. The van der Waals surface area contributed by atoms with Crippen molar-refractivity contribution >= 4 is 38.2 Å². The number of hydrogen-bond acceptors (Lipinski definition) is 3. The summed E-state index contributed by atoms with van der Waals surface area (Å²) in [7, 11) is -3.68. The van der Waals surface area contributed by atoms with E-state index in [1.165, 1.54) is 4.31 Å². The molecule has 172 valence electrons. The molecule has 0 unspecified atom stereocenters. The Morgan fingerprint density at radius 1 is 0.882 bits per heavy atom. The van der Waals surface area contributed by atoms with E-state index in [0.717, 1.165) is 34.7 Å². The van der Waals surface area contributed by atoms with Crippen LogP contribution < -0.4 is 14.9 Å².